The van der Waals surface area contributed by atoms with Crippen LogP contribution in [-0.4, -0.2) is 300 Å². The van der Waals surface area contributed by atoms with Gasteiger partial charge < -0.3 is 143 Å². The summed E-state index contributed by atoms with van der Waals surface area (Å²) in [6.45, 7) is 10.1. The average Bonchev–Trinajstić information content (AvgIpc) is 0.669. The van der Waals surface area contributed by atoms with Crippen LogP contribution in [0, 0.1) is 50.2 Å². The second kappa shape index (κ2) is 30.1. The van der Waals surface area contributed by atoms with Crippen molar-refractivity contribution in [2.45, 2.75) is 266 Å². The Balaban J connectivity index is 0.850. The molecule has 0 amide bonds. The molecule has 11 rings (SSSR count). The Bertz CT molecular complexity index is 3190. The number of carboxylic acid groups (broad SMARTS) is 1. The van der Waals surface area contributed by atoms with Crippen molar-refractivity contribution in [1.29, 1.82) is 0 Å². The zero-order chi connectivity index (χ0) is 74.4. The highest BCUT2D eigenvalue weighted by atomic mass is 16.8. The van der Waals surface area contributed by atoms with Crippen LogP contribution < -0.4 is 9.47 Å². The number of carboxylic acids is 1. The number of hydrogen-bond acceptors (Lipinski definition) is 31. The van der Waals surface area contributed by atoms with Gasteiger partial charge in [-0.3, -0.25) is 9.59 Å². The first-order chi connectivity index (χ1) is 48.0. The van der Waals surface area contributed by atoms with E-state index >= 15 is 4.79 Å². The first-order valence-corrected chi connectivity index (χ1v) is 35.2. The summed E-state index contributed by atoms with van der Waals surface area (Å²) in [7, 11) is 2.90. The number of carbonyl (C=O) groups excluding carboxylic acids is 2. The largest absolute Gasteiger partial charge is 0.493 e. The maximum absolute atomic E-state index is 15.9. The van der Waals surface area contributed by atoms with Crippen LogP contribution in [0.4, 0.5) is 0 Å². The fourth-order valence-electron chi connectivity index (χ4n) is 19.3. The number of esters is 2. The van der Waals surface area contributed by atoms with Crippen LogP contribution in [0.25, 0.3) is 6.08 Å². The Labute approximate surface area is 589 Å². The SMILES string of the molecule is COc1ccc(/C=C/C(=O)OC2C(C)OC(OC(=O)C34CCC(C)(C)CC3C3=CCC5C6(C)CC(O)C(OC7OC(CO)C(O)C(O)C7O)C(C)(C(=O)O)C6CCC5(C)C3(CO)CC4)C(OC3OC(C)C(OC4OCC(OC5OC(CO)C(O)C(O)C5O)C(O)C4O)C(O)C3O)C2O)cc1OC. The molecule has 5 aliphatic carbocycles. The maximum Gasteiger partial charge on any atom is 0.331 e. The first kappa shape index (κ1) is 78.8. The maximum atomic E-state index is 15.9. The van der Waals surface area contributed by atoms with E-state index in [4.69, 9.17) is 61.6 Å². The standard InChI is InChI=1S/C70H104O32/c1-29-54(99-58-49(82)45(78)39(27-92-58)97-60-50(83)46(79)43(76)37(25-71)95-60)48(81)52(85)59(93-29)100-56-53(86)55(98-42(75)15-11-31-10-13-35(90-8)36(22-31)91-9)30(2)94-62(56)102-64(89)69-19-18-65(3,4)23-33(69)32-12-14-40-66(5)24-34(74)57(101-61-51(84)47(80)44(77)38(26-72)96-61)68(7,63(87)88)41(66)16-17-67(40,6)70(32,28-73)21-20-69/h10-13,15,22,29-30,33-34,37-41,43-62,71-74,76-86H,14,16-21,23-28H2,1-9H3,(H,87,88)/b15-11+. The topological polar surface area (TPSA) is 495 Å². The summed E-state index contributed by atoms with van der Waals surface area (Å²) in [5.74, 6) is -3.91. The molecule has 32 nitrogen and oxygen atoms in total. The smallest absolute Gasteiger partial charge is 0.331 e. The van der Waals surface area contributed by atoms with Gasteiger partial charge in [0.2, 0.25) is 6.29 Å². The summed E-state index contributed by atoms with van der Waals surface area (Å²) < 4.78 is 76.7. The molecule has 16 N–H and O–H groups in total. The summed E-state index contributed by atoms with van der Waals surface area (Å²) >= 11 is 0. The number of benzene rings is 1. The molecular formula is C70H104O32. The number of hydrogen-bond donors (Lipinski definition) is 16. The summed E-state index contributed by atoms with van der Waals surface area (Å²) in [5, 5.41) is 178. The predicted octanol–water partition coefficient (Wildman–Crippen LogP) is -2.23. The third-order valence-electron chi connectivity index (χ3n) is 25.2. The minimum atomic E-state index is -2.08. The van der Waals surface area contributed by atoms with E-state index in [1.165, 1.54) is 41.1 Å². The van der Waals surface area contributed by atoms with Crippen molar-refractivity contribution in [3.05, 3.63) is 41.5 Å². The van der Waals surface area contributed by atoms with Crippen molar-refractivity contribution in [3.63, 3.8) is 0 Å². The van der Waals surface area contributed by atoms with Gasteiger partial charge in [-0.05, 0) is 136 Å². The number of fused-ring (bicyclic) bond motifs is 7. The molecule has 0 bridgehead atoms. The molecule has 10 aliphatic rings. The number of ether oxygens (including phenoxy) is 13. The predicted molar refractivity (Wildman–Crippen MR) is 344 cm³/mol. The number of aliphatic carboxylic acids is 1. The molecule has 34 atom stereocenters. The van der Waals surface area contributed by atoms with Crippen LogP contribution in [0.5, 0.6) is 11.5 Å². The summed E-state index contributed by atoms with van der Waals surface area (Å²) in [6, 6.07) is 4.88. The minimum Gasteiger partial charge on any atom is -0.493 e. The molecule has 9 fully saturated rings. The molecule has 102 heavy (non-hydrogen) atoms. The highest BCUT2D eigenvalue weighted by Gasteiger charge is 2.74. The van der Waals surface area contributed by atoms with Gasteiger partial charge in [0.1, 0.15) is 97.7 Å². The molecule has 576 valence electrons. The van der Waals surface area contributed by atoms with Crippen molar-refractivity contribution < 1.29 is 158 Å². The fourth-order valence-corrected chi connectivity index (χ4v) is 19.3. The summed E-state index contributed by atoms with van der Waals surface area (Å²) in [5.41, 5.74) is -5.03. The van der Waals surface area contributed by atoms with Crippen molar-refractivity contribution >= 4 is 24.0 Å². The first-order valence-electron chi connectivity index (χ1n) is 35.2. The van der Waals surface area contributed by atoms with Crippen LogP contribution in [0.3, 0.4) is 0 Å². The lowest BCUT2D eigenvalue weighted by Crippen LogP contribution is -2.71. The lowest BCUT2D eigenvalue weighted by molar-refractivity contribution is -0.378. The third kappa shape index (κ3) is 13.6. The number of aliphatic hydroxyl groups is 15. The third-order valence-corrected chi connectivity index (χ3v) is 25.2. The van der Waals surface area contributed by atoms with Gasteiger partial charge in [0.05, 0.1) is 69.8 Å². The summed E-state index contributed by atoms with van der Waals surface area (Å²) in [4.78, 5) is 43.6. The molecule has 5 saturated heterocycles. The molecule has 0 radical (unpaired) electrons. The molecule has 1 aromatic carbocycles. The molecule has 4 saturated carbocycles. The molecular weight excluding hydrogens is 1350 g/mol. The second-order valence-electron chi connectivity index (χ2n) is 31.3. The normalized spacial score (nSPS) is 48.6. The molecule has 1 aromatic rings. The lowest BCUT2D eigenvalue weighted by atomic mass is 9.33. The quantitative estimate of drug-likeness (QED) is 0.0302. The van der Waals surface area contributed by atoms with E-state index in [0.29, 0.717) is 42.7 Å². The Morgan fingerprint density at radius 3 is 1.77 bits per heavy atom. The Hall–Kier alpha value is -4.25. The van der Waals surface area contributed by atoms with Crippen LogP contribution in [-0.2, 0) is 66.5 Å². The van der Waals surface area contributed by atoms with E-state index in [1.807, 2.05) is 6.92 Å². The molecule has 32 heteroatoms. The van der Waals surface area contributed by atoms with E-state index in [2.05, 4.69) is 26.8 Å². The Morgan fingerprint density at radius 2 is 1.16 bits per heavy atom. The van der Waals surface area contributed by atoms with E-state index < -0.39 is 236 Å². The zero-order valence-electron chi connectivity index (χ0n) is 58.6. The average molecular weight is 1460 g/mol. The van der Waals surface area contributed by atoms with Gasteiger partial charge in [-0.2, -0.15) is 0 Å². The van der Waals surface area contributed by atoms with Gasteiger partial charge in [0.25, 0.3) is 0 Å². The number of carbonyl (C=O) groups is 3. The van der Waals surface area contributed by atoms with Gasteiger partial charge in [0, 0.05) is 11.5 Å². The molecule has 5 aliphatic heterocycles. The monoisotopic (exact) mass is 1460 g/mol. The van der Waals surface area contributed by atoms with Crippen molar-refractivity contribution in [3.8, 4) is 11.5 Å². The highest BCUT2D eigenvalue weighted by Crippen LogP contribution is 2.76. The minimum absolute atomic E-state index is 0.00308. The number of rotatable bonds is 19. The van der Waals surface area contributed by atoms with Gasteiger partial charge in [0.15, 0.2) is 48.9 Å². The molecule has 0 aromatic heterocycles. The van der Waals surface area contributed by atoms with E-state index in [-0.39, 0.29) is 50.0 Å². The summed E-state index contributed by atoms with van der Waals surface area (Å²) in [6.07, 6.45) is -37.1. The van der Waals surface area contributed by atoms with E-state index in [1.54, 1.807) is 18.2 Å². The zero-order valence-corrected chi connectivity index (χ0v) is 58.6. The van der Waals surface area contributed by atoms with E-state index in [0.717, 1.165) is 11.6 Å². The highest BCUT2D eigenvalue weighted by molar-refractivity contribution is 5.87. The Kier molecular flexibility index (Phi) is 23.2. The van der Waals surface area contributed by atoms with Crippen molar-refractivity contribution in [1.82, 2.24) is 0 Å². The van der Waals surface area contributed by atoms with Crippen LogP contribution >= 0.6 is 0 Å². The lowest BCUT2D eigenvalue weighted by Gasteiger charge is -2.71. The van der Waals surface area contributed by atoms with Gasteiger partial charge in [-0.25, -0.2) is 4.79 Å². The Morgan fingerprint density at radius 1 is 0.578 bits per heavy atom. The molecule has 34 unspecified atom stereocenters. The van der Waals surface area contributed by atoms with E-state index in [9.17, 15) is 91.3 Å². The van der Waals surface area contributed by atoms with Crippen molar-refractivity contribution in [2.75, 3.05) is 40.6 Å². The van der Waals surface area contributed by atoms with Crippen LogP contribution in [0.15, 0.2) is 35.9 Å². The fraction of sp³-hybridized carbons (Fsp3) is 0.814. The van der Waals surface area contributed by atoms with Gasteiger partial charge >= 0.3 is 17.9 Å². The number of methoxy groups -OCH3 is 2. The van der Waals surface area contributed by atoms with Gasteiger partial charge in [-0.15, -0.1) is 0 Å². The molecule has 5 heterocycles. The number of aliphatic hydroxyl groups excluding tert-OH is 15. The number of allylic oxidation sites excluding steroid dienone is 1. The van der Waals surface area contributed by atoms with Crippen molar-refractivity contribution in [2.24, 2.45) is 50.2 Å². The van der Waals surface area contributed by atoms with Crippen LogP contribution in [0.1, 0.15) is 112 Å². The van der Waals surface area contributed by atoms with Crippen LogP contribution in [0.2, 0.25) is 0 Å². The second-order valence-corrected chi connectivity index (χ2v) is 31.3. The molecule has 0 spiro atoms. The van der Waals surface area contributed by atoms with Gasteiger partial charge in [-0.1, -0.05) is 45.4 Å².